The van der Waals surface area contributed by atoms with Crippen molar-refractivity contribution in [1.82, 2.24) is 30.0 Å². The van der Waals surface area contributed by atoms with E-state index in [9.17, 15) is 4.79 Å². The van der Waals surface area contributed by atoms with Gasteiger partial charge in [-0.1, -0.05) is 0 Å². The van der Waals surface area contributed by atoms with Crippen molar-refractivity contribution in [2.45, 2.75) is 25.8 Å². The first-order valence-electron chi connectivity index (χ1n) is 8.57. The van der Waals surface area contributed by atoms with E-state index in [0.717, 1.165) is 68.2 Å². The lowest BCUT2D eigenvalue weighted by atomic mass is 10.2. The Balaban J connectivity index is 0.00000121. The van der Waals surface area contributed by atoms with Crippen LogP contribution in [0.4, 0.5) is 5.82 Å². The summed E-state index contributed by atoms with van der Waals surface area (Å²) in [5.74, 6) is 1.92. The second-order valence-corrected chi connectivity index (χ2v) is 6.56. The molecule has 0 aliphatic carbocycles. The van der Waals surface area contributed by atoms with E-state index in [-0.39, 0.29) is 36.8 Å². The van der Waals surface area contributed by atoms with Crippen LogP contribution >= 0.6 is 24.8 Å². The van der Waals surface area contributed by atoms with Crippen LogP contribution < -0.4 is 10.2 Å². The molecule has 0 saturated carbocycles. The molecule has 2 fully saturated rings. The molecule has 4 rings (SSSR count). The third kappa shape index (κ3) is 3.72. The fourth-order valence-electron chi connectivity index (χ4n) is 3.61. The van der Waals surface area contributed by atoms with Crippen molar-refractivity contribution in [2.75, 3.05) is 37.6 Å². The largest absolute Gasteiger partial charge is 0.352 e. The van der Waals surface area contributed by atoms with Gasteiger partial charge in [-0.2, -0.15) is 5.10 Å². The van der Waals surface area contributed by atoms with E-state index in [4.69, 9.17) is 0 Å². The SMILES string of the molecule is Cc1nc(N2CCN(C(=O)C3CCCN3)CC2)c2cnn(C)c2n1.Cl.Cl. The molecule has 1 N–H and O–H groups in total. The predicted octanol–water partition coefficient (Wildman–Crippen LogP) is 0.916. The van der Waals surface area contributed by atoms with Gasteiger partial charge in [0.15, 0.2) is 5.65 Å². The molecule has 8 nitrogen and oxygen atoms in total. The molecule has 26 heavy (non-hydrogen) atoms. The molecule has 0 radical (unpaired) electrons. The van der Waals surface area contributed by atoms with E-state index in [0.29, 0.717) is 0 Å². The van der Waals surface area contributed by atoms with Crippen molar-refractivity contribution in [3.63, 3.8) is 0 Å². The number of carbonyl (C=O) groups is 1. The van der Waals surface area contributed by atoms with Gasteiger partial charge in [0.2, 0.25) is 5.91 Å². The molecular formula is C16H25Cl2N7O. The Labute approximate surface area is 165 Å². The molecule has 10 heteroatoms. The zero-order valence-corrected chi connectivity index (χ0v) is 16.6. The molecule has 1 unspecified atom stereocenters. The first kappa shape index (κ1) is 20.7. The van der Waals surface area contributed by atoms with E-state index in [2.05, 4.69) is 25.3 Å². The number of carbonyl (C=O) groups excluding carboxylic acids is 1. The smallest absolute Gasteiger partial charge is 0.239 e. The fourth-order valence-corrected chi connectivity index (χ4v) is 3.61. The fraction of sp³-hybridized carbons (Fsp3) is 0.625. The Morgan fingerprint density at radius 2 is 1.92 bits per heavy atom. The molecule has 1 atom stereocenters. The van der Waals surface area contributed by atoms with Gasteiger partial charge in [0, 0.05) is 33.2 Å². The third-order valence-corrected chi connectivity index (χ3v) is 4.93. The second-order valence-electron chi connectivity index (χ2n) is 6.56. The maximum Gasteiger partial charge on any atom is 0.239 e. The number of halogens is 2. The van der Waals surface area contributed by atoms with Crippen molar-refractivity contribution in [3.8, 4) is 0 Å². The Bertz CT molecular complexity index is 767. The number of aromatic nitrogens is 4. The van der Waals surface area contributed by atoms with Gasteiger partial charge in [-0.3, -0.25) is 9.48 Å². The van der Waals surface area contributed by atoms with Crippen LogP contribution in [-0.4, -0.2) is 69.3 Å². The van der Waals surface area contributed by atoms with Crippen molar-refractivity contribution in [1.29, 1.82) is 0 Å². The maximum absolute atomic E-state index is 12.5. The summed E-state index contributed by atoms with van der Waals surface area (Å²) in [4.78, 5) is 25.8. The third-order valence-electron chi connectivity index (χ3n) is 4.93. The van der Waals surface area contributed by atoms with E-state index in [1.54, 1.807) is 4.68 Å². The van der Waals surface area contributed by atoms with E-state index >= 15 is 0 Å². The number of fused-ring (bicyclic) bond motifs is 1. The molecule has 0 spiro atoms. The molecule has 2 saturated heterocycles. The first-order chi connectivity index (χ1) is 11.6. The van der Waals surface area contributed by atoms with E-state index in [1.165, 1.54) is 0 Å². The van der Waals surface area contributed by atoms with Crippen LogP contribution in [0.5, 0.6) is 0 Å². The number of hydrogen-bond acceptors (Lipinski definition) is 6. The molecule has 2 aromatic rings. The molecule has 4 heterocycles. The summed E-state index contributed by atoms with van der Waals surface area (Å²) in [6.07, 6.45) is 3.88. The average Bonchev–Trinajstić information content (AvgIpc) is 3.25. The molecule has 2 aromatic heterocycles. The summed E-state index contributed by atoms with van der Waals surface area (Å²) in [6.45, 7) is 5.92. The van der Waals surface area contributed by atoms with Gasteiger partial charge in [0.05, 0.1) is 17.6 Å². The molecular weight excluding hydrogens is 377 g/mol. The van der Waals surface area contributed by atoms with E-state index in [1.807, 2.05) is 25.1 Å². The number of nitrogens with zero attached hydrogens (tertiary/aromatic N) is 6. The number of aryl methyl sites for hydroxylation is 2. The lowest BCUT2D eigenvalue weighted by Crippen LogP contribution is -2.53. The zero-order chi connectivity index (χ0) is 16.7. The van der Waals surface area contributed by atoms with Gasteiger partial charge >= 0.3 is 0 Å². The molecule has 0 bridgehead atoms. The average molecular weight is 402 g/mol. The van der Waals surface area contributed by atoms with Crippen LogP contribution in [-0.2, 0) is 11.8 Å². The highest BCUT2D eigenvalue weighted by molar-refractivity contribution is 5.87. The van der Waals surface area contributed by atoms with Gasteiger partial charge in [-0.15, -0.1) is 24.8 Å². The van der Waals surface area contributed by atoms with Crippen LogP contribution in [0.3, 0.4) is 0 Å². The molecule has 1 amide bonds. The van der Waals surface area contributed by atoms with Gasteiger partial charge in [0.1, 0.15) is 11.6 Å². The minimum atomic E-state index is 0. The number of piperazine rings is 1. The van der Waals surface area contributed by atoms with Gasteiger partial charge in [-0.25, -0.2) is 9.97 Å². The highest BCUT2D eigenvalue weighted by Crippen LogP contribution is 2.24. The number of nitrogens with one attached hydrogen (secondary N) is 1. The number of amides is 1. The molecule has 2 aliphatic heterocycles. The minimum Gasteiger partial charge on any atom is -0.352 e. The van der Waals surface area contributed by atoms with Crippen molar-refractivity contribution in [2.24, 2.45) is 7.05 Å². The summed E-state index contributed by atoms with van der Waals surface area (Å²) >= 11 is 0. The summed E-state index contributed by atoms with van der Waals surface area (Å²) in [6, 6.07) is 0.0166. The van der Waals surface area contributed by atoms with Crippen LogP contribution in [0.1, 0.15) is 18.7 Å². The first-order valence-corrected chi connectivity index (χ1v) is 8.57. The Morgan fingerprint density at radius 1 is 1.19 bits per heavy atom. The van der Waals surface area contributed by atoms with Gasteiger partial charge in [-0.05, 0) is 26.3 Å². The molecule has 0 aromatic carbocycles. The summed E-state index contributed by atoms with van der Waals surface area (Å²) in [5, 5.41) is 8.57. The minimum absolute atomic E-state index is 0. The highest BCUT2D eigenvalue weighted by Gasteiger charge is 2.30. The predicted molar refractivity (Wildman–Crippen MR) is 105 cm³/mol. The summed E-state index contributed by atoms with van der Waals surface area (Å²) in [5.41, 5.74) is 0.853. The topological polar surface area (TPSA) is 79.2 Å². The monoisotopic (exact) mass is 401 g/mol. The lowest BCUT2D eigenvalue weighted by molar-refractivity contribution is -0.133. The Kier molecular flexibility index (Phi) is 6.65. The van der Waals surface area contributed by atoms with Crippen LogP contribution in [0.2, 0.25) is 0 Å². The number of rotatable bonds is 2. The number of anilines is 1. The van der Waals surface area contributed by atoms with Crippen LogP contribution in [0.15, 0.2) is 6.20 Å². The standard InChI is InChI=1S/C16H23N7O.2ClH/c1-11-19-14-12(10-18-21(14)2)15(20-11)22-6-8-23(9-7-22)16(24)13-4-3-5-17-13;;/h10,13,17H,3-9H2,1-2H3;2*1H. The normalized spacial score (nSPS) is 20.0. The van der Waals surface area contributed by atoms with Gasteiger partial charge in [0.25, 0.3) is 0 Å². The summed E-state index contributed by atoms with van der Waals surface area (Å²) < 4.78 is 1.78. The lowest BCUT2D eigenvalue weighted by Gasteiger charge is -2.36. The highest BCUT2D eigenvalue weighted by atomic mass is 35.5. The van der Waals surface area contributed by atoms with Crippen LogP contribution in [0, 0.1) is 6.92 Å². The molecule has 144 valence electrons. The second kappa shape index (κ2) is 8.37. The summed E-state index contributed by atoms with van der Waals surface area (Å²) in [7, 11) is 1.89. The zero-order valence-electron chi connectivity index (χ0n) is 15.0. The quantitative estimate of drug-likeness (QED) is 0.805. The number of hydrogen-bond donors (Lipinski definition) is 1. The van der Waals surface area contributed by atoms with E-state index < -0.39 is 0 Å². The van der Waals surface area contributed by atoms with Gasteiger partial charge < -0.3 is 15.1 Å². The Hall–Kier alpha value is -1.64. The van der Waals surface area contributed by atoms with Crippen LogP contribution in [0.25, 0.3) is 11.0 Å². The Morgan fingerprint density at radius 3 is 2.58 bits per heavy atom. The van der Waals surface area contributed by atoms with Crippen molar-refractivity contribution < 1.29 is 4.79 Å². The van der Waals surface area contributed by atoms with Crippen molar-refractivity contribution >= 4 is 47.6 Å². The maximum atomic E-state index is 12.5. The van der Waals surface area contributed by atoms with Crippen molar-refractivity contribution in [3.05, 3.63) is 12.0 Å². The molecule has 2 aliphatic rings.